The third-order valence-electron chi connectivity index (χ3n) is 4.08. The number of carboxylic acids is 1. The molecule has 0 radical (unpaired) electrons. The summed E-state index contributed by atoms with van der Waals surface area (Å²) >= 11 is 0. The maximum atomic E-state index is 11.0. The molecule has 0 amide bonds. The van der Waals surface area contributed by atoms with Crippen LogP contribution in [0.3, 0.4) is 0 Å². The van der Waals surface area contributed by atoms with Gasteiger partial charge in [0.15, 0.2) is 0 Å². The van der Waals surface area contributed by atoms with Crippen molar-refractivity contribution in [2.75, 3.05) is 13.1 Å². The molecule has 0 spiro atoms. The topological polar surface area (TPSA) is 66.6 Å². The van der Waals surface area contributed by atoms with Gasteiger partial charge in [0.25, 0.3) is 0 Å². The minimum absolute atomic E-state index is 0.0523. The van der Waals surface area contributed by atoms with Crippen LogP contribution in [-0.4, -0.2) is 35.1 Å². The second-order valence-corrected chi connectivity index (χ2v) is 5.46. The lowest BCUT2D eigenvalue weighted by Crippen LogP contribution is -2.51. The monoisotopic (exact) mass is 262 g/mol. The fraction of sp³-hybridized carbons (Fsp3) is 0.533. The van der Waals surface area contributed by atoms with E-state index in [1.54, 1.807) is 6.92 Å². The van der Waals surface area contributed by atoms with Crippen molar-refractivity contribution in [2.24, 2.45) is 17.6 Å². The molecule has 3 N–H and O–H groups in total. The van der Waals surface area contributed by atoms with Gasteiger partial charge in [-0.3, -0.25) is 9.69 Å². The molecule has 1 aromatic carbocycles. The van der Waals surface area contributed by atoms with Crippen LogP contribution < -0.4 is 5.73 Å². The lowest BCUT2D eigenvalue weighted by molar-refractivity contribution is -0.143. The van der Waals surface area contributed by atoms with E-state index in [0.29, 0.717) is 0 Å². The molecule has 1 fully saturated rings. The quantitative estimate of drug-likeness (QED) is 0.864. The highest BCUT2D eigenvalue weighted by atomic mass is 16.4. The SMILES string of the molecule is CC(C(=O)O)C1CCN(Cc2ccccc2)CC1N. The molecular weight excluding hydrogens is 240 g/mol. The van der Waals surface area contributed by atoms with Gasteiger partial charge in [-0.25, -0.2) is 0 Å². The first kappa shape index (κ1) is 14.0. The molecule has 0 bridgehead atoms. The van der Waals surface area contributed by atoms with Gasteiger partial charge in [0.1, 0.15) is 0 Å². The van der Waals surface area contributed by atoms with Crippen molar-refractivity contribution >= 4 is 5.97 Å². The molecule has 19 heavy (non-hydrogen) atoms. The highest BCUT2D eigenvalue weighted by Crippen LogP contribution is 2.25. The molecule has 1 aromatic rings. The summed E-state index contributed by atoms with van der Waals surface area (Å²) < 4.78 is 0. The number of carboxylic acid groups (broad SMARTS) is 1. The molecule has 104 valence electrons. The minimum Gasteiger partial charge on any atom is -0.481 e. The Morgan fingerprint density at radius 2 is 2.16 bits per heavy atom. The van der Waals surface area contributed by atoms with Gasteiger partial charge >= 0.3 is 5.97 Å². The summed E-state index contributed by atoms with van der Waals surface area (Å²) in [7, 11) is 0. The van der Waals surface area contributed by atoms with Gasteiger partial charge in [0.05, 0.1) is 5.92 Å². The van der Waals surface area contributed by atoms with Crippen molar-refractivity contribution in [1.29, 1.82) is 0 Å². The first-order valence-corrected chi connectivity index (χ1v) is 6.82. The number of hydrogen-bond donors (Lipinski definition) is 2. The van der Waals surface area contributed by atoms with Crippen LogP contribution in [0.5, 0.6) is 0 Å². The molecule has 4 nitrogen and oxygen atoms in total. The molecule has 0 aliphatic carbocycles. The second kappa shape index (κ2) is 6.17. The van der Waals surface area contributed by atoms with E-state index in [1.807, 2.05) is 18.2 Å². The molecule has 0 saturated carbocycles. The average molecular weight is 262 g/mol. The van der Waals surface area contributed by atoms with Crippen molar-refractivity contribution in [1.82, 2.24) is 4.90 Å². The van der Waals surface area contributed by atoms with E-state index in [0.717, 1.165) is 26.1 Å². The Labute approximate surface area is 114 Å². The molecule has 3 unspecified atom stereocenters. The lowest BCUT2D eigenvalue weighted by Gasteiger charge is -2.38. The number of rotatable bonds is 4. The number of benzene rings is 1. The first-order valence-electron chi connectivity index (χ1n) is 6.82. The van der Waals surface area contributed by atoms with Crippen LogP contribution in [0.4, 0.5) is 0 Å². The summed E-state index contributed by atoms with van der Waals surface area (Å²) in [5, 5.41) is 9.08. The first-order chi connectivity index (χ1) is 9.08. The zero-order valence-corrected chi connectivity index (χ0v) is 11.3. The summed E-state index contributed by atoms with van der Waals surface area (Å²) in [6.07, 6.45) is 0.863. The fourth-order valence-electron chi connectivity index (χ4n) is 2.86. The number of hydrogen-bond acceptors (Lipinski definition) is 3. The van der Waals surface area contributed by atoms with E-state index in [9.17, 15) is 4.79 Å². The normalized spacial score (nSPS) is 26.0. The summed E-state index contributed by atoms with van der Waals surface area (Å²) in [6, 6.07) is 10.2. The van der Waals surface area contributed by atoms with E-state index in [-0.39, 0.29) is 17.9 Å². The van der Waals surface area contributed by atoms with Crippen molar-refractivity contribution in [3.63, 3.8) is 0 Å². The van der Waals surface area contributed by atoms with E-state index in [1.165, 1.54) is 5.56 Å². The minimum atomic E-state index is -0.739. The number of piperidine rings is 1. The summed E-state index contributed by atoms with van der Waals surface area (Å²) in [5.41, 5.74) is 7.43. The van der Waals surface area contributed by atoms with Crippen LogP contribution in [0.2, 0.25) is 0 Å². The average Bonchev–Trinajstić information content (AvgIpc) is 2.39. The number of nitrogens with two attached hydrogens (primary N) is 1. The lowest BCUT2D eigenvalue weighted by atomic mass is 9.82. The Bertz CT molecular complexity index is 421. The van der Waals surface area contributed by atoms with Crippen LogP contribution in [0.1, 0.15) is 18.9 Å². The number of carbonyl (C=O) groups is 1. The van der Waals surface area contributed by atoms with Gasteiger partial charge < -0.3 is 10.8 Å². The summed E-state index contributed by atoms with van der Waals surface area (Å²) in [4.78, 5) is 13.4. The number of nitrogens with zero attached hydrogens (tertiary/aromatic N) is 1. The molecule has 1 aliphatic heterocycles. The molecule has 1 heterocycles. The van der Waals surface area contributed by atoms with Crippen LogP contribution >= 0.6 is 0 Å². The second-order valence-electron chi connectivity index (χ2n) is 5.46. The van der Waals surface area contributed by atoms with E-state index in [2.05, 4.69) is 17.0 Å². The molecule has 2 rings (SSSR count). The third-order valence-corrected chi connectivity index (χ3v) is 4.08. The smallest absolute Gasteiger partial charge is 0.306 e. The fourth-order valence-corrected chi connectivity index (χ4v) is 2.86. The predicted molar refractivity (Wildman–Crippen MR) is 74.6 cm³/mol. The largest absolute Gasteiger partial charge is 0.481 e. The third kappa shape index (κ3) is 3.55. The van der Waals surface area contributed by atoms with Crippen molar-refractivity contribution in [2.45, 2.75) is 25.9 Å². The van der Waals surface area contributed by atoms with Crippen molar-refractivity contribution < 1.29 is 9.90 Å². The standard InChI is InChI=1S/C15H22N2O2/c1-11(15(18)19)13-7-8-17(10-14(13)16)9-12-5-3-2-4-6-12/h2-6,11,13-14H,7-10,16H2,1H3,(H,18,19). The van der Waals surface area contributed by atoms with Gasteiger partial charge in [0.2, 0.25) is 0 Å². The van der Waals surface area contributed by atoms with Crippen LogP contribution in [0.15, 0.2) is 30.3 Å². The van der Waals surface area contributed by atoms with Gasteiger partial charge in [-0.15, -0.1) is 0 Å². The molecule has 0 aromatic heterocycles. The van der Waals surface area contributed by atoms with Gasteiger partial charge in [-0.2, -0.15) is 0 Å². The Kier molecular flexibility index (Phi) is 4.56. The predicted octanol–water partition coefficient (Wildman–Crippen LogP) is 1.56. The Balaban J connectivity index is 1.91. The molecule has 1 aliphatic rings. The Hall–Kier alpha value is -1.39. The Morgan fingerprint density at radius 1 is 1.47 bits per heavy atom. The zero-order chi connectivity index (χ0) is 13.8. The zero-order valence-electron chi connectivity index (χ0n) is 11.3. The maximum Gasteiger partial charge on any atom is 0.306 e. The maximum absolute atomic E-state index is 11.0. The van der Waals surface area contributed by atoms with E-state index < -0.39 is 5.97 Å². The molecular formula is C15H22N2O2. The van der Waals surface area contributed by atoms with Gasteiger partial charge in [0, 0.05) is 19.1 Å². The Morgan fingerprint density at radius 3 is 2.74 bits per heavy atom. The molecule has 4 heteroatoms. The van der Waals surface area contributed by atoms with Gasteiger partial charge in [-0.05, 0) is 24.4 Å². The van der Waals surface area contributed by atoms with Crippen molar-refractivity contribution in [3.05, 3.63) is 35.9 Å². The molecule has 1 saturated heterocycles. The van der Waals surface area contributed by atoms with E-state index in [4.69, 9.17) is 10.8 Å². The molecule has 3 atom stereocenters. The summed E-state index contributed by atoms with van der Waals surface area (Å²) in [6.45, 7) is 4.35. The van der Waals surface area contributed by atoms with Crippen LogP contribution in [-0.2, 0) is 11.3 Å². The van der Waals surface area contributed by atoms with Gasteiger partial charge in [-0.1, -0.05) is 37.3 Å². The summed E-state index contributed by atoms with van der Waals surface area (Å²) in [5.74, 6) is -1.00. The highest BCUT2D eigenvalue weighted by Gasteiger charge is 2.33. The van der Waals surface area contributed by atoms with Crippen LogP contribution in [0, 0.1) is 11.8 Å². The number of likely N-dealkylation sites (tertiary alicyclic amines) is 1. The number of aliphatic carboxylic acids is 1. The van der Waals surface area contributed by atoms with Crippen LogP contribution in [0.25, 0.3) is 0 Å². The highest BCUT2D eigenvalue weighted by molar-refractivity contribution is 5.70. The van der Waals surface area contributed by atoms with E-state index >= 15 is 0 Å². The van der Waals surface area contributed by atoms with Crippen molar-refractivity contribution in [3.8, 4) is 0 Å².